The molecule has 2 aliphatic rings. The van der Waals surface area contributed by atoms with Gasteiger partial charge in [-0.1, -0.05) is 0 Å². The number of hydrogen-bond donors (Lipinski definition) is 1. The normalized spacial score (nSPS) is 24.4. The number of carbonyl (C=O) groups is 2. The second-order valence-electron chi connectivity index (χ2n) is 5.32. The van der Waals surface area contributed by atoms with Crippen molar-refractivity contribution in [2.45, 2.75) is 25.8 Å². The number of amides is 3. The van der Waals surface area contributed by atoms with E-state index < -0.39 is 5.54 Å². The van der Waals surface area contributed by atoms with E-state index in [9.17, 15) is 9.59 Å². The number of urea groups is 1. The lowest BCUT2D eigenvalue weighted by Crippen LogP contribution is -2.41. The highest BCUT2D eigenvalue weighted by atomic mass is 16.5. The van der Waals surface area contributed by atoms with E-state index in [2.05, 4.69) is 10.2 Å². The highest BCUT2D eigenvalue weighted by molar-refractivity contribution is 6.06. The fourth-order valence-corrected chi connectivity index (χ4v) is 2.30. The first-order chi connectivity index (χ1) is 8.50. The molecule has 0 radical (unpaired) electrons. The number of carbonyl (C=O) groups excluding carboxylic acids is 2. The Bertz CT molecular complexity index is 337. The molecule has 1 N–H and O–H groups in total. The van der Waals surface area contributed by atoms with Crippen LogP contribution in [-0.2, 0) is 9.53 Å². The third-order valence-corrected chi connectivity index (χ3v) is 3.40. The summed E-state index contributed by atoms with van der Waals surface area (Å²) in [6.45, 7) is 8.28. The summed E-state index contributed by atoms with van der Waals surface area (Å²) in [6, 6.07) is -0.271. The lowest BCUT2D eigenvalue weighted by Gasteiger charge is -2.27. The number of hydrogen-bond acceptors (Lipinski definition) is 4. The van der Waals surface area contributed by atoms with Gasteiger partial charge in [-0.05, 0) is 20.3 Å². The summed E-state index contributed by atoms with van der Waals surface area (Å²) in [4.78, 5) is 27.2. The van der Waals surface area contributed by atoms with Crippen molar-refractivity contribution in [1.29, 1.82) is 0 Å². The second kappa shape index (κ2) is 5.24. The van der Waals surface area contributed by atoms with Gasteiger partial charge in [-0.2, -0.15) is 0 Å². The second-order valence-corrected chi connectivity index (χ2v) is 5.32. The van der Waals surface area contributed by atoms with Crippen LogP contribution in [0.15, 0.2) is 0 Å². The Hall–Kier alpha value is -1.14. The van der Waals surface area contributed by atoms with E-state index in [-0.39, 0.29) is 11.9 Å². The Morgan fingerprint density at radius 2 is 1.89 bits per heavy atom. The van der Waals surface area contributed by atoms with Crippen LogP contribution in [0, 0.1) is 0 Å². The van der Waals surface area contributed by atoms with E-state index in [1.54, 1.807) is 13.8 Å². The molecule has 0 aromatic carbocycles. The number of imide groups is 1. The lowest BCUT2D eigenvalue weighted by atomic mass is 10.1. The van der Waals surface area contributed by atoms with Crippen molar-refractivity contribution in [3.8, 4) is 0 Å². The molecule has 6 heteroatoms. The maximum Gasteiger partial charge on any atom is 0.325 e. The van der Waals surface area contributed by atoms with Gasteiger partial charge < -0.3 is 10.1 Å². The Morgan fingerprint density at radius 3 is 2.44 bits per heavy atom. The molecule has 102 valence electrons. The molecular weight excluding hydrogens is 234 g/mol. The van der Waals surface area contributed by atoms with Crippen LogP contribution in [0.25, 0.3) is 0 Å². The molecular formula is C12H21N3O3. The van der Waals surface area contributed by atoms with Crippen LogP contribution >= 0.6 is 0 Å². The van der Waals surface area contributed by atoms with Gasteiger partial charge in [0.25, 0.3) is 5.91 Å². The molecule has 3 amide bonds. The van der Waals surface area contributed by atoms with Gasteiger partial charge in [0.15, 0.2) is 0 Å². The summed E-state index contributed by atoms with van der Waals surface area (Å²) in [5, 5.41) is 2.69. The molecule has 0 spiro atoms. The van der Waals surface area contributed by atoms with Crippen molar-refractivity contribution in [2.75, 3.05) is 39.4 Å². The zero-order valence-electron chi connectivity index (χ0n) is 11.1. The summed E-state index contributed by atoms with van der Waals surface area (Å²) < 4.78 is 5.27. The lowest BCUT2D eigenvalue weighted by molar-refractivity contribution is -0.130. The Morgan fingerprint density at radius 1 is 1.22 bits per heavy atom. The van der Waals surface area contributed by atoms with Gasteiger partial charge in [-0.3, -0.25) is 14.6 Å². The Labute approximate surface area is 107 Å². The van der Waals surface area contributed by atoms with Crippen LogP contribution in [0.3, 0.4) is 0 Å². The van der Waals surface area contributed by atoms with E-state index in [4.69, 9.17) is 4.74 Å². The fraction of sp³-hybridized carbons (Fsp3) is 0.833. The van der Waals surface area contributed by atoms with Crippen molar-refractivity contribution in [3.63, 3.8) is 0 Å². The van der Waals surface area contributed by atoms with Crippen molar-refractivity contribution < 1.29 is 14.3 Å². The Kier molecular flexibility index (Phi) is 3.87. The van der Waals surface area contributed by atoms with E-state index in [0.717, 1.165) is 39.3 Å². The predicted octanol–water partition coefficient (Wildman–Crippen LogP) is 0.0391. The summed E-state index contributed by atoms with van der Waals surface area (Å²) in [7, 11) is 0. The van der Waals surface area contributed by atoms with Gasteiger partial charge in [0.2, 0.25) is 0 Å². The first kappa shape index (κ1) is 13.3. The van der Waals surface area contributed by atoms with Gasteiger partial charge >= 0.3 is 6.03 Å². The van der Waals surface area contributed by atoms with Crippen molar-refractivity contribution in [2.24, 2.45) is 0 Å². The largest absolute Gasteiger partial charge is 0.379 e. The molecule has 18 heavy (non-hydrogen) atoms. The minimum absolute atomic E-state index is 0.130. The first-order valence-electron chi connectivity index (χ1n) is 6.45. The smallest absolute Gasteiger partial charge is 0.325 e. The number of rotatable bonds is 4. The highest BCUT2D eigenvalue weighted by Gasteiger charge is 2.43. The summed E-state index contributed by atoms with van der Waals surface area (Å²) >= 11 is 0. The standard InChI is InChI=1S/C12H21N3O3/c1-12(2)10(16)15(11(17)13-12)5-3-4-14-6-8-18-9-7-14/h3-9H2,1-2H3,(H,13,17). The van der Waals surface area contributed by atoms with Crippen LogP contribution in [-0.4, -0.2) is 66.7 Å². The van der Waals surface area contributed by atoms with Gasteiger partial charge in [0.05, 0.1) is 13.2 Å². The predicted molar refractivity (Wildman–Crippen MR) is 66.2 cm³/mol. The number of ether oxygens (including phenoxy) is 1. The number of nitrogens with one attached hydrogen (secondary N) is 1. The zero-order valence-corrected chi connectivity index (χ0v) is 11.1. The molecule has 2 rings (SSSR count). The molecule has 2 saturated heterocycles. The summed E-state index contributed by atoms with van der Waals surface area (Å²) in [5.41, 5.74) is -0.754. The third kappa shape index (κ3) is 2.81. The molecule has 2 heterocycles. The number of nitrogens with zero attached hydrogens (tertiary/aromatic N) is 2. The molecule has 2 aliphatic heterocycles. The van der Waals surface area contributed by atoms with Crippen molar-refractivity contribution >= 4 is 11.9 Å². The molecule has 0 atom stereocenters. The average Bonchev–Trinajstić information content (AvgIpc) is 2.52. The topological polar surface area (TPSA) is 61.9 Å². The quantitative estimate of drug-likeness (QED) is 0.720. The maximum absolute atomic E-state index is 11.9. The van der Waals surface area contributed by atoms with E-state index in [0.29, 0.717) is 6.54 Å². The first-order valence-corrected chi connectivity index (χ1v) is 6.45. The van der Waals surface area contributed by atoms with E-state index in [1.165, 1.54) is 4.90 Å². The van der Waals surface area contributed by atoms with Gasteiger partial charge in [0.1, 0.15) is 5.54 Å². The fourth-order valence-electron chi connectivity index (χ4n) is 2.30. The third-order valence-electron chi connectivity index (χ3n) is 3.40. The minimum Gasteiger partial charge on any atom is -0.379 e. The van der Waals surface area contributed by atoms with Crippen molar-refractivity contribution in [1.82, 2.24) is 15.1 Å². The molecule has 0 unspecified atom stereocenters. The van der Waals surface area contributed by atoms with Gasteiger partial charge in [-0.25, -0.2) is 4.79 Å². The van der Waals surface area contributed by atoms with Crippen LogP contribution in [0.4, 0.5) is 4.79 Å². The molecule has 0 aromatic rings. The van der Waals surface area contributed by atoms with Crippen LogP contribution in [0.5, 0.6) is 0 Å². The van der Waals surface area contributed by atoms with Crippen molar-refractivity contribution in [3.05, 3.63) is 0 Å². The molecule has 2 fully saturated rings. The summed E-state index contributed by atoms with van der Waals surface area (Å²) in [5.74, 6) is -0.130. The molecule has 0 aliphatic carbocycles. The molecule has 0 saturated carbocycles. The van der Waals surface area contributed by atoms with E-state index >= 15 is 0 Å². The van der Waals surface area contributed by atoms with Gasteiger partial charge in [0, 0.05) is 26.2 Å². The molecule has 6 nitrogen and oxygen atoms in total. The minimum atomic E-state index is -0.754. The zero-order chi connectivity index (χ0) is 13.2. The summed E-state index contributed by atoms with van der Waals surface area (Å²) in [6.07, 6.45) is 0.815. The SMILES string of the molecule is CC1(C)NC(=O)N(CCCN2CCOCC2)C1=O. The number of morpholine rings is 1. The van der Waals surface area contributed by atoms with E-state index in [1.807, 2.05) is 0 Å². The highest BCUT2D eigenvalue weighted by Crippen LogP contribution is 2.16. The average molecular weight is 255 g/mol. The van der Waals surface area contributed by atoms with Crippen LogP contribution < -0.4 is 5.32 Å². The monoisotopic (exact) mass is 255 g/mol. The molecule has 0 bridgehead atoms. The maximum atomic E-state index is 11.9. The van der Waals surface area contributed by atoms with Gasteiger partial charge in [-0.15, -0.1) is 0 Å². The van der Waals surface area contributed by atoms with Crippen LogP contribution in [0.2, 0.25) is 0 Å². The Balaban J connectivity index is 1.76. The van der Waals surface area contributed by atoms with Crippen LogP contribution in [0.1, 0.15) is 20.3 Å². The molecule has 0 aromatic heterocycles.